The number of pyridine rings is 1. The van der Waals surface area contributed by atoms with Gasteiger partial charge >= 0.3 is 5.97 Å². The molecule has 3 aromatic heterocycles. The fraction of sp³-hybridized carbons (Fsp3) is 0.312. The number of aromatic nitrogens is 4. The van der Waals surface area contributed by atoms with E-state index in [0.29, 0.717) is 13.1 Å². The third kappa shape index (κ3) is 2.39. The van der Waals surface area contributed by atoms with E-state index < -0.39 is 5.97 Å². The Hall–Kier alpha value is -2.67. The lowest BCUT2D eigenvalue weighted by Gasteiger charge is -2.26. The highest BCUT2D eigenvalue weighted by Crippen LogP contribution is 2.23. The summed E-state index contributed by atoms with van der Waals surface area (Å²) in [4.78, 5) is 21.3. The minimum absolute atomic E-state index is 0.167. The van der Waals surface area contributed by atoms with Gasteiger partial charge in [0.05, 0.1) is 5.69 Å². The van der Waals surface area contributed by atoms with Crippen LogP contribution in [-0.2, 0) is 26.6 Å². The number of rotatable bonds is 3. The zero-order valence-corrected chi connectivity index (χ0v) is 12.8. The van der Waals surface area contributed by atoms with Gasteiger partial charge in [0.1, 0.15) is 5.65 Å². The van der Waals surface area contributed by atoms with Crippen LogP contribution in [0, 0.1) is 0 Å². The molecule has 0 radical (unpaired) electrons. The van der Waals surface area contributed by atoms with Gasteiger partial charge < -0.3 is 10.1 Å². The number of hydrogen-bond donors (Lipinski definition) is 2. The zero-order valence-electron chi connectivity index (χ0n) is 12.8. The minimum atomic E-state index is -0.963. The summed E-state index contributed by atoms with van der Waals surface area (Å²) in [6.45, 7) is 2.16. The van der Waals surface area contributed by atoms with Crippen molar-refractivity contribution in [2.75, 3.05) is 6.54 Å². The molecule has 1 aliphatic heterocycles. The maximum absolute atomic E-state index is 11.4. The van der Waals surface area contributed by atoms with Crippen LogP contribution in [0.1, 0.15) is 27.4 Å². The SMILES string of the molecule is Cn1nc(C(=O)O)c2c1CCN(Cc1ccc3cc[nH]c3n1)C2. The minimum Gasteiger partial charge on any atom is -0.476 e. The van der Waals surface area contributed by atoms with Crippen LogP contribution < -0.4 is 0 Å². The van der Waals surface area contributed by atoms with Crippen LogP contribution in [0.3, 0.4) is 0 Å². The lowest BCUT2D eigenvalue weighted by molar-refractivity contribution is 0.0687. The van der Waals surface area contributed by atoms with E-state index in [4.69, 9.17) is 0 Å². The Morgan fingerprint density at radius 3 is 3.09 bits per heavy atom. The van der Waals surface area contributed by atoms with Gasteiger partial charge in [-0.3, -0.25) is 9.58 Å². The Kier molecular flexibility index (Phi) is 3.16. The fourth-order valence-electron chi connectivity index (χ4n) is 3.24. The number of carboxylic acid groups (broad SMARTS) is 1. The maximum atomic E-state index is 11.4. The third-order valence-electron chi connectivity index (χ3n) is 4.38. The average Bonchev–Trinajstić information content (AvgIpc) is 3.11. The molecule has 0 aliphatic carbocycles. The molecule has 7 nitrogen and oxygen atoms in total. The molecule has 0 spiro atoms. The molecule has 0 fully saturated rings. The summed E-state index contributed by atoms with van der Waals surface area (Å²) in [5.41, 5.74) is 3.87. The Labute approximate surface area is 132 Å². The number of aryl methyl sites for hydroxylation is 1. The van der Waals surface area contributed by atoms with Crippen molar-refractivity contribution in [1.29, 1.82) is 0 Å². The highest BCUT2D eigenvalue weighted by atomic mass is 16.4. The number of carboxylic acids is 1. The molecule has 118 valence electrons. The Morgan fingerprint density at radius 2 is 2.26 bits per heavy atom. The molecule has 0 atom stereocenters. The second-order valence-electron chi connectivity index (χ2n) is 5.88. The van der Waals surface area contributed by atoms with Gasteiger partial charge in [0.2, 0.25) is 0 Å². The summed E-state index contributed by atoms with van der Waals surface area (Å²) in [6, 6.07) is 6.07. The quantitative estimate of drug-likeness (QED) is 0.766. The lowest BCUT2D eigenvalue weighted by atomic mass is 10.0. The van der Waals surface area contributed by atoms with Crippen LogP contribution in [0.4, 0.5) is 0 Å². The van der Waals surface area contributed by atoms with Gasteiger partial charge in [-0.1, -0.05) is 0 Å². The van der Waals surface area contributed by atoms with Crippen LogP contribution in [0.5, 0.6) is 0 Å². The summed E-state index contributed by atoms with van der Waals surface area (Å²) >= 11 is 0. The van der Waals surface area contributed by atoms with E-state index in [-0.39, 0.29) is 5.69 Å². The number of nitrogens with one attached hydrogen (secondary N) is 1. The van der Waals surface area contributed by atoms with Gasteiger partial charge in [-0.25, -0.2) is 9.78 Å². The van der Waals surface area contributed by atoms with Gasteiger partial charge in [-0.2, -0.15) is 5.10 Å². The van der Waals surface area contributed by atoms with Crippen molar-refractivity contribution in [3.8, 4) is 0 Å². The first-order valence-corrected chi connectivity index (χ1v) is 7.55. The molecule has 1 aliphatic rings. The molecule has 0 bridgehead atoms. The average molecular weight is 311 g/mol. The Bertz CT molecular complexity index is 895. The summed E-state index contributed by atoms with van der Waals surface area (Å²) in [5.74, 6) is -0.963. The summed E-state index contributed by atoms with van der Waals surface area (Å²) < 4.78 is 1.69. The van der Waals surface area contributed by atoms with Crippen molar-refractivity contribution in [3.63, 3.8) is 0 Å². The molecule has 23 heavy (non-hydrogen) atoms. The Balaban J connectivity index is 1.59. The van der Waals surface area contributed by atoms with Crippen molar-refractivity contribution >= 4 is 17.0 Å². The first-order valence-electron chi connectivity index (χ1n) is 7.55. The van der Waals surface area contributed by atoms with E-state index in [1.807, 2.05) is 25.4 Å². The number of aromatic carboxylic acids is 1. The molecule has 0 unspecified atom stereocenters. The lowest BCUT2D eigenvalue weighted by Crippen LogP contribution is -2.31. The molecule has 0 aromatic carbocycles. The number of aromatic amines is 1. The topological polar surface area (TPSA) is 87.0 Å². The van der Waals surface area contributed by atoms with Crippen molar-refractivity contribution in [2.24, 2.45) is 7.05 Å². The first-order chi connectivity index (χ1) is 11.1. The first kappa shape index (κ1) is 14.0. The molecule has 3 aromatic rings. The van der Waals surface area contributed by atoms with Crippen LogP contribution in [0.15, 0.2) is 24.4 Å². The summed E-state index contributed by atoms with van der Waals surface area (Å²) in [5, 5.41) is 14.5. The molecule has 4 rings (SSSR count). The highest BCUT2D eigenvalue weighted by molar-refractivity contribution is 5.87. The summed E-state index contributed by atoms with van der Waals surface area (Å²) in [6.07, 6.45) is 2.68. The van der Waals surface area contributed by atoms with Crippen molar-refractivity contribution < 1.29 is 9.90 Å². The van der Waals surface area contributed by atoms with E-state index in [9.17, 15) is 9.90 Å². The molecule has 0 amide bonds. The normalized spacial score (nSPS) is 15.0. The van der Waals surface area contributed by atoms with Gasteiger partial charge in [-0.05, 0) is 18.2 Å². The predicted molar refractivity (Wildman–Crippen MR) is 84.1 cm³/mol. The molecule has 0 saturated carbocycles. The van der Waals surface area contributed by atoms with Gasteiger partial charge in [-0.15, -0.1) is 0 Å². The van der Waals surface area contributed by atoms with E-state index in [1.54, 1.807) is 4.68 Å². The third-order valence-corrected chi connectivity index (χ3v) is 4.38. The van der Waals surface area contributed by atoms with Crippen molar-refractivity contribution in [2.45, 2.75) is 19.5 Å². The largest absolute Gasteiger partial charge is 0.476 e. The van der Waals surface area contributed by atoms with Crippen LogP contribution in [-0.4, -0.2) is 42.3 Å². The molecular weight excluding hydrogens is 294 g/mol. The van der Waals surface area contributed by atoms with Crippen LogP contribution in [0.25, 0.3) is 11.0 Å². The number of H-pyrrole nitrogens is 1. The van der Waals surface area contributed by atoms with E-state index in [2.05, 4.69) is 26.0 Å². The van der Waals surface area contributed by atoms with Crippen LogP contribution >= 0.6 is 0 Å². The molecule has 7 heteroatoms. The number of hydrogen-bond acceptors (Lipinski definition) is 4. The van der Waals surface area contributed by atoms with Gasteiger partial charge in [0, 0.05) is 55.9 Å². The second-order valence-corrected chi connectivity index (χ2v) is 5.88. The Morgan fingerprint density at radius 1 is 1.39 bits per heavy atom. The monoisotopic (exact) mass is 311 g/mol. The highest BCUT2D eigenvalue weighted by Gasteiger charge is 2.27. The number of nitrogens with zero attached hydrogens (tertiary/aromatic N) is 4. The number of fused-ring (bicyclic) bond motifs is 2. The molecular formula is C16H17N5O2. The molecule has 0 saturated heterocycles. The fourth-order valence-corrected chi connectivity index (χ4v) is 3.24. The van der Waals surface area contributed by atoms with Gasteiger partial charge in [0.25, 0.3) is 0 Å². The molecule has 2 N–H and O–H groups in total. The van der Waals surface area contributed by atoms with Crippen molar-refractivity contribution in [3.05, 3.63) is 47.0 Å². The second kappa shape index (κ2) is 5.20. The van der Waals surface area contributed by atoms with Crippen LogP contribution in [0.2, 0.25) is 0 Å². The molecule has 4 heterocycles. The zero-order chi connectivity index (χ0) is 16.0. The smallest absolute Gasteiger partial charge is 0.356 e. The predicted octanol–water partition coefficient (Wildman–Crippen LogP) is 1.55. The van der Waals surface area contributed by atoms with E-state index in [0.717, 1.165) is 41.0 Å². The standard InChI is InChI=1S/C16H17N5O2/c1-20-13-5-7-21(9-12(13)14(19-20)16(22)23)8-11-3-2-10-4-6-17-15(10)18-11/h2-4,6H,5,7-9H2,1H3,(H,17,18)(H,22,23). The van der Waals surface area contributed by atoms with Crippen molar-refractivity contribution in [1.82, 2.24) is 24.6 Å². The summed E-state index contributed by atoms with van der Waals surface area (Å²) in [7, 11) is 1.81. The number of carbonyl (C=O) groups is 1. The van der Waals surface area contributed by atoms with Gasteiger partial charge in [0.15, 0.2) is 5.69 Å². The maximum Gasteiger partial charge on any atom is 0.356 e. The van der Waals surface area contributed by atoms with E-state index >= 15 is 0 Å². The van der Waals surface area contributed by atoms with E-state index in [1.165, 1.54) is 0 Å².